The molecule has 0 aliphatic carbocycles. The summed E-state index contributed by atoms with van der Waals surface area (Å²) in [6.07, 6.45) is 0. The number of nitrogens with zero attached hydrogens (tertiary/aromatic N) is 1. The Hall–Kier alpha value is -1.89. The normalized spacial score (nSPS) is 17.5. The molecule has 1 aromatic rings. The summed E-state index contributed by atoms with van der Waals surface area (Å²) in [4.78, 5) is 37.8. The Bertz CT molecular complexity index is 525. The number of piperazine rings is 1. The summed E-state index contributed by atoms with van der Waals surface area (Å²) in [7, 11) is 0. The van der Waals surface area contributed by atoms with Crippen LogP contribution in [0.5, 0.6) is 0 Å². The smallest absolute Gasteiger partial charge is 0.261 e. The fraction of sp³-hybridized carbons (Fsp3) is 0.462. The van der Waals surface area contributed by atoms with Crippen molar-refractivity contribution in [3.8, 4) is 0 Å². The summed E-state index contributed by atoms with van der Waals surface area (Å²) in [5, 5.41) is 7.11. The molecule has 0 bridgehead atoms. The quantitative estimate of drug-likeness (QED) is 0.837. The van der Waals surface area contributed by atoms with Crippen molar-refractivity contribution >= 4 is 29.1 Å². The van der Waals surface area contributed by atoms with Crippen molar-refractivity contribution in [1.82, 2.24) is 15.5 Å². The molecule has 2 N–H and O–H groups in total. The van der Waals surface area contributed by atoms with E-state index >= 15 is 0 Å². The first-order valence-corrected chi connectivity index (χ1v) is 7.21. The highest BCUT2D eigenvalue weighted by Crippen LogP contribution is 2.17. The molecule has 108 valence electrons. The zero-order valence-corrected chi connectivity index (χ0v) is 12.3. The van der Waals surface area contributed by atoms with Crippen LogP contribution in [0.3, 0.4) is 0 Å². The van der Waals surface area contributed by atoms with Gasteiger partial charge in [0.05, 0.1) is 11.4 Å². The van der Waals surface area contributed by atoms with Gasteiger partial charge in [0.1, 0.15) is 5.54 Å². The van der Waals surface area contributed by atoms with Crippen LogP contribution in [0.1, 0.15) is 23.5 Å². The Morgan fingerprint density at radius 1 is 1.50 bits per heavy atom. The summed E-state index contributed by atoms with van der Waals surface area (Å²) in [5.41, 5.74) is -0.886. The van der Waals surface area contributed by atoms with Crippen LogP contribution in [-0.4, -0.2) is 47.8 Å². The van der Waals surface area contributed by atoms with Gasteiger partial charge >= 0.3 is 0 Å². The predicted molar refractivity (Wildman–Crippen MR) is 75.5 cm³/mol. The number of amides is 3. The fourth-order valence-corrected chi connectivity index (χ4v) is 2.72. The van der Waals surface area contributed by atoms with Gasteiger partial charge < -0.3 is 15.5 Å². The molecule has 6 nitrogen and oxygen atoms in total. The molecule has 0 saturated carbocycles. The molecule has 3 amide bonds. The maximum absolute atomic E-state index is 12.2. The summed E-state index contributed by atoms with van der Waals surface area (Å²) in [6.45, 7) is 4.17. The highest BCUT2D eigenvalue weighted by atomic mass is 32.1. The molecule has 0 atom stereocenters. The SMILES string of the molecule is CC1(C)C(=O)NCCN1C(=O)CNC(=O)c1cccs1. The van der Waals surface area contributed by atoms with Crippen molar-refractivity contribution in [3.05, 3.63) is 22.4 Å². The van der Waals surface area contributed by atoms with Gasteiger partial charge in [-0.25, -0.2) is 0 Å². The number of carbonyl (C=O) groups excluding carboxylic acids is 3. The molecule has 1 aliphatic rings. The molecular formula is C13H17N3O3S. The molecule has 0 aromatic carbocycles. The van der Waals surface area contributed by atoms with Crippen LogP contribution in [0, 0.1) is 0 Å². The lowest BCUT2D eigenvalue weighted by molar-refractivity contribution is -0.148. The van der Waals surface area contributed by atoms with Gasteiger partial charge in [-0.3, -0.25) is 14.4 Å². The van der Waals surface area contributed by atoms with Crippen LogP contribution >= 0.6 is 11.3 Å². The number of nitrogens with one attached hydrogen (secondary N) is 2. The maximum atomic E-state index is 12.2. The number of rotatable bonds is 3. The standard InChI is InChI=1S/C13H17N3O3S/c1-13(2)12(19)14-5-6-16(13)10(17)8-15-11(18)9-4-3-7-20-9/h3-4,7H,5-6,8H2,1-2H3,(H,14,19)(H,15,18). The van der Waals surface area contributed by atoms with Crippen LogP contribution in [0.2, 0.25) is 0 Å². The second kappa shape index (κ2) is 5.62. The molecule has 7 heteroatoms. The minimum absolute atomic E-state index is 0.104. The molecule has 0 radical (unpaired) electrons. The van der Waals surface area contributed by atoms with Crippen molar-refractivity contribution in [2.45, 2.75) is 19.4 Å². The molecule has 1 fully saturated rings. The second-order valence-electron chi connectivity index (χ2n) is 5.02. The predicted octanol–water partition coefficient (Wildman–Crippen LogP) is 0.215. The zero-order chi connectivity index (χ0) is 14.8. The van der Waals surface area contributed by atoms with Crippen molar-refractivity contribution in [2.75, 3.05) is 19.6 Å². The molecular weight excluding hydrogens is 278 g/mol. The average Bonchev–Trinajstić information content (AvgIpc) is 2.92. The highest BCUT2D eigenvalue weighted by Gasteiger charge is 2.40. The van der Waals surface area contributed by atoms with Gasteiger partial charge in [0.2, 0.25) is 11.8 Å². The number of hydrogen-bond donors (Lipinski definition) is 2. The summed E-state index contributed by atoms with van der Waals surface area (Å²) in [5.74, 6) is -0.705. The Morgan fingerprint density at radius 3 is 2.90 bits per heavy atom. The lowest BCUT2D eigenvalue weighted by Gasteiger charge is -2.41. The summed E-state index contributed by atoms with van der Waals surface area (Å²) >= 11 is 1.32. The van der Waals surface area contributed by atoms with Crippen LogP contribution in [-0.2, 0) is 9.59 Å². The van der Waals surface area contributed by atoms with Crippen LogP contribution in [0.4, 0.5) is 0 Å². The van der Waals surface area contributed by atoms with E-state index in [9.17, 15) is 14.4 Å². The zero-order valence-electron chi connectivity index (χ0n) is 11.4. The molecule has 1 aromatic heterocycles. The Kier molecular flexibility index (Phi) is 4.08. The number of carbonyl (C=O) groups is 3. The lowest BCUT2D eigenvalue weighted by atomic mass is 9.99. The summed E-state index contributed by atoms with van der Waals surface area (Å²) < 4.78 is 0. The molecule has 1 saturated heterocycles. The average molecular weight is 295 g/mol. The van der Waals surface area contributed by atoms with Crippen LogP contribution < -0.4 is 10.6 Å². The van der Waals surface area contributed by atoms with E-state index in [2.05, 4.69) is 10.6 Å². The Morgan fingerprint density at radius 2 is 2.25 bits per heavy atom. The van der Waals surface area contributed by atoms with E-state index in [1.54, 1.807) is 31.4 Å². The minimum atomic E-state index is -0.886. The molecule has 1 aliphatic heterocycles. The van der Waals surface area contributed by atoms with E-state index in [0.717, 1.165) is 0 Å². The highest BCUT2D eigenvalue weighted by molar-refractivity contribution is 7.12. The van der Waals surface area contributed by atoms with Gasteiger partial charge in [0, 0.05) is 13.1 Å². The molecule has 2 heterocycles. The largest absolute Gasteiger partial charge is 0.352 e. The van der Waals surface area contributed by atoms with Crippen molar-refractivity contribution in [3.63, 3.8) is 0 Å². The van der Waals surface area contributed by atoms with Gasteiger partial charge in [-0.15, -0.1) is 11.3 Å². The first-order chi connectivity index (χ1) is 9.43. The van der Waals surface area contributed by atoms with Gasteiger partial charge in [-0.1, -0.05) is 6.07 Å². The van der Waals surface area contributed by atoms with E-state index < -0.39 is 5.54 Å². The van der Waals surface area contributed by atoms with E-state index in [1.807, 2.05) is 0 Å². The number of hydrogen-bond acceptors (Lipinski definition) is 4. The third kappa shape index (κ3) is 2.82. The fourth-order valence-electron chi connectivity index (χ4n) is 2.08. The monoisotopic (exact) mass is 295 g/mol. The second-order valence-corrected chi connectivity index (χ2v) is 5.97. The Balaban J connectivity index is 1.95. The van der Waals surface area contributed by atoms with Crippen LogP contribution in [0.25, 0.3) is 0 Å². The first kappa shape index (κ1) is 14.5. The molecule has 0 unspecified atom stereocenters. The van der Waals surface area contributed by atoms with Crippen molar-refractivity contribution in [2.24, 2.45) is 0 Å². The van der Waals surface area contributed by atoms with Crippen molar-refractivity contribution < 1.29 is 14.4 Å². The molecule has 2 rings (SSSR count). The van der Waals surface area contributed by atoms with E-state index in [1.165, 1.54) is 16.2 Å². The topological polar surface area (TPSA) is 78.5 Å². The van der Waals surface area contributed by atoms with E-state index in [4.69, 9.17) is 0 Å². The van der Waals surface area contributed by atoms with Crippen molar-refractivity contribution in [1.29, 1.82) is 0 Å². The van der Waals surface area contributed by atoms with Gasteiger partial charge in [-0.2, -0.15) is 0 Å². The summed E-state index contributed by atoms with van der Waals surface area (Å²) in [6, 6.07) is 3.47. The first-order valence-electron chi connectivity index (χ1n) is 6.33. The van der Waals surface area contributed by atoms with Gasteiger partial charge in [0.15, 0.2) is 0 Å². The van der Waals surface area contributed by atoms with Gasteiger partial charge in [-0.05, 0) is 25.3 Å². The van der Waals surface area contributed by atoms with Gasteiger partial charge in [0.25, 0.3) is 5.91 Å². The lowest BCUT2D eigenvalue weighted by Crippen LogP contribution is -2.64. The third-order valence-corrected chi connectivity index (χ3v) is 4.17. The maximum Gasteiger partial charge on any atom is 0.261 e. The third-order valence-electron chi connectivity index (χ3n) is 3.30. The molecule has 0 spiro atoms. The minimum Gasteiger partial charge on any atom is -0.352 e. The number of thiophene rings is 1. The van der Waals surface area contributed by atoms with Crippen LogP contribution in [0.15, 0.2) is 17.5 Å². The van der Waals surface area contributed by atoms with E-state index in [-0.39, 0.29) is 24.3 Å². The molecule has 20 heavy (non-hydrogen) atoms. The Labute approximate surface area is 121 Å². The van der Waals surface area contributed by atoms with E-state index in [0.29, 0.717) is 18.0 Å².